The Bertz CT molecular complexity index is 1900. The van der Waals surface area contributed by atoms with Crippen molar-refractivity contribution >= 4 is 35.0 Å². The molecule has 2 aromatic carbocycles. The second-order valence-electron chi connectivity index (χ2n) is 14.2. The summed E-state index contributed by atoms with van der Waals surface area (Å²) in [5.41, 5.74) is 5.28. The van der Waals surface area contributed by atoms with Gasteiger partial charge in [-0.3, -0.25) is 9.59 Å². The van der Waals surface area contributed by atoms with E-state index in [2.05, 4.69) is 26.7 Å². The maximum Gasteiger partial charge on any atom is 0.407 e. The molecular weight excluding hydrogens is 676 g/mol. The van der Waals surface area contributed by atoms with Crippen molar-refractivity contribution in [1.82, 2.24) is 40.4 Å². The summed E-state index contributed by atoms with van der Waals surface area (Å²) in [5.74, 6) is 0.770. The highest BCUT2D eigenvalue weighted by Gasteiger charge is 2.36. The highest BCUT2D eigenvalue weighted by atomic mass is 16.5. The molecule has 3 atom stereocenters. The lowest BCUT2D eigenvalue weighted by atomic mass is 9.97. The number of carbonyl (C=O) groups is 4. The first kappa shape index (κ1) is 38.8. The number of aromatic amines is 2. The summed E-state index contributed by atoms with van der Waals surface area (Å²) in [4.78, 5) is 71.3. The number of H-pyrrole nitrogens is 2. The molecule has 53 heavy (non-hydrogen) atoms. The number of ether oxygens (including phenoxy) is 2. The fourth-order valence-electron chi connectivity index (χ4n) is 6.80. The van der Waals surface area contributed by atoms with Crippen LogP contribution in [0.2, 0.25) is 0 Å². The molecule has 5 rings (SSSR count). The molecule has 0 saturated carbocycles. The van der Waals surface area contributed by atoms with E-state index < -0.39 is 24.3 Å². The van der Waals surface area contributed by atoms with E-state index in [4.69, 9.17) is 19.4 Å². The zero-order chi connectivity index (χ0) is 38.2. The van der Waals surface area contributed by atoms with Gasteiger partial charge in [0.1, 0.15) is 23.7 Å². The Morgan fingerprint density at radius 2 is 1.58 bits per heavy atom. The van der Waals surface area contributed by atoms with Gasteiger partial charge in [-0.15, -0.1) is 0 Å². The predicted octanol–water partition coefficient (Wildman–Crippen LogP) is 6.17. The van der Waals surface area contributed by atoms with Gasteiger partial charge in [-0.2, -0.15) is 0 Å². The third-order valence-electron chi connectivity index (χ3n) is 9.65. The van der Waals surface area contributed by atoms with Gasteiger partial charge in [0.2, 0.25) is 11.8 Å². The molecule has 0 spiro atoms. The molecule has 1 fully saturated rings. The lowest BCUT2D eigenvalue weighted by Gasteiger charge is -2.37. The molecule has 1 aliphatic heterocycles. The van der Waals surface area contributed by atoms with Crippen molar-refractivity contribution in [3.8, 4) is 22.4 Å². The molecule has 0 aliphatic carbocycles. The van der Waals surface area contributed by atoms with Crippen molar-refractivity contribution in [3.05, 3.63) is 60.3 Å². The summed E-state index contributed by atoms with van der Waals surface area (Å²) in [6, 6.07) is 12.5. The van der Waals surface area contributed by atoms with Gasteiger partial charge in [-0.05, 0) is 66.8 Å². The Labute approximate surface area is 310 Å². The normalized spacial score (nSPS) is 15.6. The molecule has 4 amide bonds. The van der Waals surface area contributed by atoms with Gasteiger partial charge in [0.05, 0.1) is 43.5 Å². The molecule has 0 radical (unpaired) electrons. The molecular formula is C39H52N8O6. The molecule has 4 aromatic rings. The van der Waals surface area contributed by atoms with Crippen LogP contribution in [0.3, 0.4) is 0 Å². The Balaban J connectivity index is 1.34. The average Bonchev–Trinajstić information content (AvgIpc) is 3.82. The van der Waals surface area contributed by atoms with Crippen molar-refractivity contribution in [2.75, 3.05) is 27.3 Å². The second-order valence-corrected chi connectivity index (χ2v) is 14.2. The van der Waals surface area contributed by atoms with Crippen LogP contribution in [-0.4, -0.2) is 93.1 Å². The lowest BCUT2D eigenvalue weighted by molar-refractivity contribution is -0.138. The summed E-state index contributed by atoms with van der Waals surface area (Å²) in [6.07, 6.45) is 3.96. The van der Waals surface area contributed by atoms with E-state index in [1.54, 1.807) is 4.90 Å². The van der Waals surface area contributed by atoms with Gasteiger partial charge >= 0.3 is 12.2 Å². The van der Waals surface area contributed by atoms with E-state index in [9.17, 15) is 19.2 Å². The van der Waals surface area contributed by atoms with Crippen LogP contribution in [0.25, 0.3) is 33.4 Å². The minimum Gasteiger partial charge on any atom is -0.453 e. The van der Waals surface area contributed by atoms with Crippen molar-refractivity contribution in [2.24, 2.45) is 11.8 Å². The average molecular weight is 729 g/mol. The molecule has 14 heteroatoms. The Morgan fingerprint density at radius 3 is 2.26 bits per heavy atom. The van der Waals surface area contributed by atoms with Crippen LogP contribution < -0.4 is 10.6 Å². The number of rotatable bonds is 13. The van der Waals surface area contributed by atoms with E-state index in [0.717, 1.165) is 59.1 Å². The smallest absolute Gasteiger partial charge is 0.407 e. The molecule has 1 aliphatic rings. The zero-order valence-corrected chi connectivity index (χ0v) is 31.7. The monoisotopic (exact) mass is 728 g/mol. The van der Waals surface area contributed by atoms with Gasteiger partial charge in [0.15, 0.2) is 0 Å². The maximum absolute atomic E-state index is 13.7. The third kappa shape index (κ3) is 9.16. The first-order chi connectivity index (χ1) is 25.4. The van der Waals surface area contributed by atoms with Gasteiger partial charge in [-0.1, -0.05) is 58.9 Å². The van der Waals surface area contributed by atoms with Gasteiger partial charge < -0.3 is 39.9 Å². The minimum absolute atomic E-state index is 0.120. The number of imidazole rings is 2. The molecule has 2 aromatic heterocycles. The lowest BCUT2D eigenvalue weighted by Crippen LogP contribution is -2.53. The van der Waals surface area contributed by atoms with Crippen molar-refractivity contribution in [2.45, 2.75) is 85.0 Å². The van der Waals surface area contributed by atoms with Crippen LogP contribution >= 0.6 is 0 Å². The Morgan fingerprint density at radius 1 is 0.906 bits per heavy atom. The van der Waals surface area contributed by atoms with E-state index in [-0.39, 0.29) is 36.2 Å². The van der Waals surface area contributed by atoms with Gasteiger partial charge in [0, 0.05) is 24.8 Å². The number of methoxy groups -OCH3 is 2. The van der Waals surface area contributed by atoms with Crippen LogP contribution in [-0.2, 0) is 25.6 Å². The Hall–Kier alpha value is -5.40. The predicted molar refractivity (Wildman–Crippen MR) is 201 cm³/mol. The fourth-order valence-corrected chi connectivity index (χ4v) is 6.80. The fraction of sp³-hybridized carbons (Fsp3) is 0.487. The number of benzene rings is 2. The van der Waals surface area contributed by atoms with E-state index in [0.29, 0.717) is 24.7 Å². The van der Waals surface area contributed by atoms with Crippen LogP contribution in [0.15, 0.2) is 48.7 Å². The second kappa shape index (κ2) is 17.4. The molecule has 4 N–H and O–H groups in total. The van der Waals surface area contributed by atoms with E-state index in [1.165, 1.54) is 14.2 Å². The maximum atomic E-state index is 13.7. The standard InChI is InChI=1S/C39H52N8O6/c1-8-17-46(36(48)33(23(2)3)44-38(50)52-6)22-32-41-28-16-15-26(20-29(28)42-32)25-12-11-13-27(19-25)30-21-40-35(43-30)31-14-9-10-18-47(31)37(49)34(24(4)5)45-39(51)53-7/h11-13,15-16,19-21,23-24,31,33-34H,8-10,14,17-18,22H2,1-7H3,(H,40,43)(H,41,42)(H,44,50)(H,45,51)/t31-,33-,34-/m0/s1. The minimum atomic E-state index is -0.723. The van der Waals surface area contributed by atoms with Crippen LogP contribution in [0.5, 0.6) is 0 Å². The number of hydrogen-bond donors (Lipinski definition) is 4. The molecule has 284 valence electrons. The summed E-state index contributed by atoms with van der Waals surface area (Å²) in [6.45, 7) is 10.9. The number of amides is 4. The number of nitrogens with one attached hydrogen (secondary N) is 4. The molecule has 0 unspecified atom stereocenters. The number of fused-ring (bicyclic) bond motifs is 1. The number of aromatic nitrogens is 4. The van der Waals surface area contributed by atoms with Gasteiger partial charge in [-0.25, -0.2) is 19.6 Å². The first-order valence-corrected chi connectivity index (χ1v) is 18.4. The van der Waals surface area contributed by atoms with Crippen LogP contribution in [0.4, 0.5) is 9.59 Å². The number of nitrogens with zero attached hydrogens (tertiary/aromatic N) is 4. The van der Waals surface area contributed by atoms with E-state index in [1.807, 2.05) is 82.1 Å². The number of carbonyl (C=O) groups excluding carboxylic acids is 4. The zero-order valence-electron chi connectivity index (χ0n) is 31.7. The van der Waals surface area contributed by atoms with Crippen molar-refractivity contribution in [3.63, 3.8) is 0 Å². The summed E-state index contributed by atoms with van der Waals surface area (Å²) in [5, 5.41) is 5.39. The first-order valence-electron chi connectivity index (χ1n) is 18.4. The summed E-state index contributed by atoms with van der Waals surface area (Å²) >= 11 is 0. The molecule has 0 bridgehead atoms. The van der Waals surface area contributed by atoms with Crippen LogP contribution in [0.1, 0.15) is 78.0 Å². The summed E-state index contributed by atoms with van der Waals surface area (Å²) in [7, 11) is 2.57. The van der Waals surface area contributed by atoms with E-state index >= 15 is 0 Å². The molecule has 14 nitrogen and oxygen atoms in total. The van der Waals surface area contributed by atoms with Gasteiger partial charge in [0.25, 0.3) is 0 Å². The highest BCUT2D eigenvalue weighted by molar-refractivity contribution is 5.87. The quantitative estimate of drug-likeness (QED) is 0.126. The highest BCUT2D eigenvalue weighted by Crippen LogP contribution is 2.33. The number of alkyl carbamates (subject to hydrolysis) is 2. The van der Waals surface area contributed by atoms with Crippen molar-refractivity contribution < 1.29 is 28.7 Å². The Kier molecular flexibility index (Phi) is 12.8. The topological polar surface area (TPSA) is 175 Å². The SMILES string of the molecule is CCCN(Cc1nc2ccc(-c3cccc(-c4c[nH]c([C@@H]5CCCCN5C(=O)[C@@H](NC(=O)OC)C(C)C)n4)c3)cc2[nH]1)C(=O)[C@@H](NC(=O)OC)C(C)C. The molecule has 1 saturated heterocycles. The number of hydrogen-bond acceptors (Lipinski definition) is 8. The largest absolute Gasteiger partial charge is 0.453 e. The summed E-state index contributed by atoms with van der Waals surface area (Å²) < 4.78 is 9.53. The van der Waals surface area contributed by atoms with Crippen molar-refractivity contribution in [1.29, 1.82) is 0 Å². The number of piperidine rings is 1. The molecule has 3 heterocycles. The third-order valence-corrected chi connectivity index (χ3v) is 9.65. The number of likely N-dealkylation sites (tertiary alicyclic amines) is 1. The van der Waals surface area contributed by atoms with Crippen LogP contribution in [0, 0.1) is 11.8 Å².